The van der Waals surface area contributed by atoms with Gasteiger partial charge in [0, 0.05) is 24.5 Å². The summed E-state index contributed by atoms with van der Waals surface area (Å²) in [7, 11) is 0. The monoisotopic (exact) mass is 503 g/mol. The number of carbonyl (C=O) groups excluding carboxylic acids is 2. The molecular weight excluding hydrogens is 478 g/mol. The number of carbonyl (C=O) groups is 3. The van der Waals surface area contributed by atoms with E-state index in [2.05, 4.69) is 15.5 Å². The van der Waals surface area contributed by atoms with Gasteiger partial charge in [-0.25, -0.2) is 4.79 Å². The highest BCUT2D eigenvalue weighted by atomic mass is 32.2. The van der Waals surface area contributed by atoms with E-state index in [-0.39, 0.29) is 5.70 Å². The van der Waals surface area contributed by atoms with Crippen molar-refractivity contribution in [2.45, 2.75) is 49.5 Å². The average Bonchev–Trinajstić information content (AvgIpc) is 3.26. The van der Waals surface area contributed by atoms with E-state index in [1.54, 1.807) is 30.3 Å². The van der Waals surface area contributed by atoms with Crippen LogP contribution in [0.3, 0.4) is 0 Å². The highest BCUT2D eigenvalue weighted by Crippen LogP contribution is 2.41. The molecule has 12 heteroatoms. The van der Waals surface area contributed by atoms with Gasteiger partial charge in [0.15, 0.2) is 11.3 Å². The number of fused-ring (bicyclic) bond motifs is 1. The number of nitrogens with zero attached hydrogens (tertiary/aromatic N) is 4. The largest absolute Gasteiger partial charge is 0.477 e. The molecule has 0 spiro atoms. The topological polar surface area (TPSA) is 138 Å². The van der Waals surface area contributed by atoms with E-state index in [1.165, 1.54) is 28.4 Å². The lowest BCUT2D eigenvalue weighted by molar-refractivity contribution is -0.151. The van der Waals surface area contributed by atoms with Gasteiger partial charge in [0.2, 0.25) is 0 Å². The Bertz CT molecular complexity index is 1140. The van der Waals surface area contributed by atoms with Crippen molar-refractivity contribution in [1.29, 1.82) is 0 Å². The number of hydrogen-bond donors (Lipinski definition) is 3. The number of aliphatic hydroxyl groups excluding tert-OH is 1. The number of hydrogen-bond acceptors (Lipinski definition) is 8. The van der Waals surface area contributed by atoms with Crippen LogP contribution in [0.4, 0.5) is 0 Å². The molecule has 1 fully saturated rings. The number of rotatable bonds is 9. The van der Waals surface area contributed by atoms with Gasteiger partial charge < -0.3 is 20.1 Å². The van der Waals surface area contributed by atoms with E-state index in [1.807, 2.05) is 18.4 Å². The molecule has 0 aliphatic carbocycles. The SMILES string of the molecule is CCc1nnc(SCC2=C(C(=O)O)N3C(=O)C(NC(=O)C(O)c4ccccc4)[C@@H]3SC2)n1CC. The Morgan fingerprint density at radius 3 is 2.65 bits per heavy atom. The number of aryl methyl sites for hydroxylation is 1. The molecule has 0 saturated carbocycles. The van der Waals surface area contributed by atoms with Crippen molar-refractivity contribution in [3.05, 3.63) is 53.0 Å². The number of aliphatic hydroxyl groups is 1. The maximum Gasteiger partial charge on any atom is 0.352 e. The molecule has 1 saturated heterocycles. The number of β-lactam (4-membered cyclic amide) rings is 1. The standard InChI is InChI=1S/C22H25N5O5S2/c1-3-14-24-25-22(26(14)4-2)34-11-13-10-33-20-15(19(30)27(20)16(13)21(31)32)23-18(29)17(28)12-8-6-5-7-9-12/h5-9,15,17,20,28H,3-4,10-11H2,1-2H3,(H,23,29)(H,31,32)/t15?,17?,20-/m0/s1. The predicted molar refractivity (Wildman–Crippen MR) is 127 cm³/mol. The third-order valence-electron chi connectivity index (χ3n) is 5.71. The minimum Gasteiger partial charge on any atom is -0.477 e. The molecule has 4 rings (SSSR count). The molecule has 2 unspecified atom stereocenters. The summed E-state index contributed by atoms with van der Waals surface area (Å²) in [5.74, 6) is -0.762. The van der Waals surface area contributed by atoms with Crippen molar-refractivity contribution < 1.29 is 24.6 Å². The second-order valence-corrected chi connectivity index (χ2v) is 9.80. The van der Waals surface area contributed by atoms with Gasteiger partial charge in [-0.3, -0.25) is 14.5 Å². The molecule has 3 heterocycles. The average molecular weight is 504 g/mol. The number of carboxylic acids is 1. The van der Waals surface area contributed by atoms with E-state index >= 15 is 0 Å². The molecule has 1 aromatic carbocycles. The molecule has 2 aromatic rings. The van der Waals surface area contributed by atoms with E-state index in [0.29, 0.717) is 34.3 Å². The lowest BCUT2D eigenvalue weighted by Gasteiger charge is -2.49. The van der Waals surface area contributed by atoms with Crippen LogP contribution in [0, 0.1) is 0 Å². The summed E-state index contributed by atoms with van der Waals surface area (Å²) in [4.78, 5) is 38.7. The van der Waals surface area contributed by atoms with Gasteiger partial charge in [0.05, 0.1) is 0 Å². The van der Waals surface area contributed by atoms with Gasteiger partial charge in [-0.05, 0) is 18.1 Å². The van der Waals surface area contributed by atoms with Crippen LogP contribution in [0.2, 0.25) is 0 Å². The fourth-order valence-corrected chi connectivity index (χ4v) is 6.48. The maximum atomic E-state index is 12.9. The molecule has 0 bridgehead atoms. The predicted octanol–water partition coefficient (Wildman–Crippen LogP) is 1.42. The Balaban J connectivity index is 1.46. The van der Waals surface area contributed by atoms with Crippen LogP contribution in [0.5, 0.6) is 0 Å². The smallest absolute Gasteiger partial charge is 0.352 e. The van der Waals surface area contributed by atoms with Crippen LogP contribution in [-0.2, 0) is 27.3 Å². The van der Waals surface area contributed by atoms with Crippen LogP contribution in [-0.4, -0.2) is 70.6 Å². The summed E-state index contributed by atoms with van der Waals surface area (Å²) < 4.78 is 1.99. The van der Waals surface area contributed by atoms with Gasteiger partial charge in [-0.15, -0.1) is 22.0 Å². The molecule has 2 aliphatic rings. The van der Waals surface area contributed by atoms with Crippen molar-refractivity contribution in [1.82, 2.24) is 25.0 Å². The highest BCUT2D eigenvalue weighted by Gasteiger charge is 2.54. The fraction of sp³-hybridized carbons (Fsp3) is 0.409. The van der Waals surface area contributed by atoms with Crippen molar-refractivity contribution in [2.75, 3.05) is 11.5 Å². The van der Waals surface area contributed by atoms with E-state index < -0.39 is 35.3 Å². The Kier molecular flexibility index (Phi) is 7.29. The first-order valence-electron chi connectivity index (χ1n) is 10.9. The molecule has 3 atom stereocenters. The lowest BCUT2D eigenvalue weighted by atomic mass is 10.0. The number of thioether (sulfide) groups is 2. The minimum atomic E-state index is -1.41. The first-order chi connectivity index (χ1) is 16.4. The van der Waals surface area contributed by atoms with E-state index in [4.69, 9.17) is 0 Å². The van der Waals surface area contributed by atoms with Crippen molar-refractivity contribution in [3.63, 3.8) is 0 Å². The Morgan fingerprint density at radius 1 is 1.26 bits per heavy atom. The third-order valence-corrected chi connectivity index (χ3v) is 8.11. The summed E-state index contributed by atoms with van der Waals surface area (Å²) in [6.07, 6.45) is -0.668. The second kappa shape index (κ2) is 10.2. The zero-order valence-electron chi connectivity index (χ0n) is 18.7. The number of carboxylic acid groups (broad SMARTS) is 1. The van der Waals surface area contributed by atoms with Crippen LogP contribution < -0.4 is 5.32 Å². The zero-order valence-corrected chi connectivity index (χ0v) is 20.3. The Morgan fingerprint density at radius 2 is 2.00 bits per heavy atom. The van der Waals surface area contributed by atoms with Gasteiger partial charge >= 0.3 is 5.97 Å². The summed E-state index contributed by atoms with van der Waals surface area (Å²) in [5.41, 5.74) is 0.982. The molecule has 34 heavy (non-hydrogen) atoms. The maximum absolute atomic E-state index is 12.9. The molecule has 2 aliphatic heterocycles. The quantitative estimate of drug-likeness (QED) is 0.343. The van der Waals surface area contributed by atoms with Crippen molar-refractivity contribution >= 4 is 41.3 Å². The number of aliphatic carboxylic acids is 1. The number of benzene rings is 1. The molecule has 3 N–H and O–H groups in total. The summed E-state index contributed by atoms with van der Waals surface area (Å²) in [5, 5.41) is 31.3. The van der Waals surface area contributed by atoms with Crippen LogP contribution in [0.25, 0.3) is 0 Å². The molecule has 10 nitrogen and oxygen atoms in total. The van der Waals surface area contributed by atoms with Crippen LogP contribution in [0.1, 0.15) is 31.3 Å². The van der Waals surface area contributed by atoms with Gasteiger partial charge in [-0.1, -0.05) is 49.0 Å². The first kappa shape index (κ1) is 24.3. The van der Waals surface area contributed by atoms with Crippen molar-refractivity contribution in [3.8, 4) is 0 Å². The Hall–Kier alpha value is -2.83. The zero-order chi connectivity index (χ0) is 24.4. The van der Waals surface area contributed by atoms with Gasteiger partial charge in [0.25, 0.3) is 11.8 Å². The lowest BCUT2D eigenvalue weighted by Crippen LogP contribution is -2.70. The summed E-state index contributed by atoms with van der Waals surface area (Å²) >= 11 is 2.78. The summed E-state index contributed by atoms with van der Waals surface area (Å²) in [6, 6.07) is 7.52. The molecule has 1 aromatic heterocycles. The second-order valence-electron chi connectivity index (χ2n) is 7.75. The normalized spacial score (nSPS) is 20.6. The first-order valence-corrected chi connectivity index (χ1v) is 12.9. The minimum absolute atomic E-state index is 0.0476. The molecule has 180 valence electrons. The van der Waals surface area contributed by atoms with Crippen LogP contribution >= 0.6 is 23.5 Å². The van der Waals surface area contributed by atoms with E-state index in [0.717, 1.165) is 12.2 Å². The van der Waals surface area contributed by atoms with Gasteiger partial charge in [0.1, 0.15) is 22.9 Å². The number of aromatic nitrogens is 3. The summed E-state index contributed by atoms with van der Waals surface area (Å²) in [6.45, 7) is 4.70. The van der Waals surface area contributed by atoms with E-state index in [9.17, 15) is 24.6 Å². The highest BCUT2D eigenvalue weighted by molar-refractivity contribution is 8.01. The fourth-order valence-electron chi connectivity index (χ4n) is 3.97. The third kappa shape index (κ3) is 4.44. The molecular formula is C22H25N5O5S2. The number of amides is 2. The Labute approximate surface area is 204 Å². The number of nitrogens with one attached hydrogen (secondary N) is 1. The molecule has 0 radical (unpaired) electrons. The van der Waals surface area contributed by atoms with Crippen LogP contribution in [0.15, 0.2) is 46.8 Å². The van der Waals surface area contributed by atoms with Crippen molar-refractivity contribution in [2.24, 2.45) is 0 Å². The van der Waals surface area contributed by atoms with Gasteiger partial charge in [-0.2, -0.15) is 0 Å². The molecule has 2 amide bonds.